The molecule has 1 aliphatic heterocycles. The molecule has 0 radical (unpaired) electrons. The van der Waals surface area contributed by atoms with Crippen molar-refractivity contribution in [1.82, 2.24) is 15.1 Å². The molecule has 2 heterocycles. The van der Waals surface area contributed by atoms with Crippen molar-refractivity contribution in [2.45, 2.75) is 12.5 Å². The summed E-state index contributed by atoms with van der Waals surface area (Å²) in [5.41, 5.74) is 1.14. The van der Waals surface area contributed by atoms with E-state index in [0.29, 0.717) is 13.2 Å². The average molecular weight is 338 g/mol. The highest BCUT2D eigenvalue weighted by atomic mass is 35.5. The summed E-state index contributed by atoms with van der Waals surface area (Å²) >= 11 is 5.95. The molecule has 1 aromatic heterocycles. The number of nitrogens with zero attached hydrogens (tertiary/aromatic N) is 2. The fourth-order valence-electron chi connectivity index (χ4n) is 2.79. The Morgan fingerprint density at radius 2 is 2.39 bits per heavy atom. The van der Waals surface area contributed by atoms with Crippen LogP contribution < -0.4 is 5.32 Å². The van der Waals surface area contributed by atoms with E-state index < -0.39 is 5.82 Å². The Bertz CT molecular complexity index is 719. The molecule has 0 spiro atoms. The van der Waals surface area contributed by atoms with Gasteiger partial charge in [-0.3, -0.25) is 9.48 Å². The van der Waals surface area contributed by atoms with E-state index in [2.05, 4.69) is 10.4 Å². The Balaban J connectivity index is 1.65. The summed E-state index contributed by atoms with van der Waals surface area (Å²) in [5, 5.41) is 7.20. The van der Waals surface area contributed by atoms with Gasteiger partial charge in [0.2, 0.25) is 0 Å². The van der Waals surface area contributed by atoms with Crippen LogP contribution in [-0.4, -0.2) is 28.8 Å². The lowest BCUT2D eigenvalue weighted by Crippen LogP contribution is -2.30. The van der Waals surface area contributed by atoms with Crippen LogP contribution in [0.2, 0.25) is 5.02 Å². The van der Waals surface area contributed by atoms with Crippen LogP contribution in [0.3, 0.4) is 0 Å². The van der Waals surface area contributed by atoms with E-state index in [-0.39, 0.29) is 28.5 Å². The van der Waals surface area contributed by atoms with Crippen molar-refractivity contribution >= 4 is 17.5 Å². The summed E-state index contributed by atoms with van der Waals surface area (Å²) in [5.74, 6) is -0.723. The zero-order valence-corrected chi connectivity index (χ0v) is 13.4. The van der Waals surface area contributed by atoms with Crippen LogP contribution in [0.15, 0.2) is 30.6 Å². The van der Waals surface area contributed by atoms with Crippen molar-refractivity contribution in [1.29, 1.82) is 0 Å². The van der Waals surface area contributed by atoms with Crippen LogP contribution in [0.1, 0.15) is 28.4 Å². The van der Waals surface area contributed by atoms with Crippen LogP contribution in [0.4, 0.5) is 4.39 Å². The largest absolute Gasteiger partial charge is 0.373 e. The minimum atomic E-state index is -0.489. The molecule has 0 saturated carbocycles. The van der Waals surface area contributed by atoms with Gasteiger partial charge in [-0.05, 0) is 24.6 Å². The van der Waals surface area contributed by atoms with E-state index in [9.17, 15) is 9.18 Å². The number of aromatic nitrogens is 2. The number of nitrogens with one attached hydrogen (secondary N) is 1. The third kappa shape index (κ3) is 3.54. The minimum Gasteiger partial charge on any atom is -0.373 e. The standard InChI is InChI=1S/C16H17ClFN3O2/c1-21-9-11(8-20-21)15-10(4-5-23-15)7-19-16(22)13-6-12(18)2-3-14(13)17/h2-3,6,8-10,15H,4-5,7H2,1H3,(H,19,22)/t10-,15+/m0/s1. The van der Waals surface area contributed by atoms with Crippen LogP contribution in [0.5, 0.6) is 0 Å². The molecule has 23 heavy (non-hydrogen) atoms. The number of benzene rings is 1. The molecule has 1 saturated heterocycles. The minimum absolute atomic E-state index is 0.0908. The van der Waals surface area contributed by atoms with Gasteiger partial charge in [-0.25, -0.2) is 4.39 Å². The number of halogens is 2. The summed E-state index contributed by atoms with van der Waals surface area (Å²) in [7, 11) is 1.85. The quantitative estimate of drug-likeness (QED) is 0.933. The van der Waals surface area contributed by atoms with E-state index in [4.69, 9.17) is 16.3 Å². The van der Waals surface area contributed by atoms with Crippen LogP contribution >= 0.6 is 11.6 Å². The van der Waals surface area contributed by atoms with Crippen molar-refractivity contribution in [3.05, 3.63) is 52.6 Å². The van der Waals surface area contributed by atoms with Crippen molar-refractivity contribution in [3.63, 3.8) is 0 Å². The predicted octanol–water partition coefficient (Wildman–Crippen LogP) is 2.72. The van der Waals surface area contributed by atoms with E-state index in [0.717, 1.165) is 18.1 Å². The van der Waals surface area contributed by atoms with Gasteiger partial charge in [0.15, 0.2) is 0 Å². The first-order chi connectivity index (χ1) is 11.0. The van der Waals surface area contributed by atoms with Crippen molar-refractivity contribution in [3.8, 4) is 0 Å². The molecule has 1 aromatic carbocycles. The molecule has 2 aromatic rings. The van der Waals surface area contributed by atoms with Crippen LogP contribution in [0.25, 0.3) is 0 Å². The van der Waals surface area contributed by atoms with Gasteiger partial charge in [0, 0.05) is 37.9 Å². The molecule has 2 atom stereocenters. The summed E-state index contributed by atoms with van der Waals surface area (Å²) in [6, 6.07) is 3.74. The molecule has 5 nitrogen and oxygen atoms in total. The Morgan fingerprint density at radius 3 is 3.13 bits per heavy atom. The Kier molecular flexibility index (Phi) is 4.63. The Hall–Kier alpha value is -1.92. The van der Waals surface area contributed by atoms with Crippen molar-refractivity contribution in [2.75, 3.05) is 13.2 Å². The molecular weight excluding hydrogens is 321 g/mol. The second-order valence-electron chi connectivity index (χ2n) is 5.62. The average Bonchev–Trinajstić information content (AvgIpc) is 3.15. The third-order valence-corrected chi connectivity index (χ3v) is 4.30. The van der Waals surface area contributed by atoms with Gasteiger partial charge in [0.05, 0.1) is 22.9 Å². The second kappa shape index (κ2) is 6.68. The lowest BCUT2D eigenvalue weighted by molar-refractivity contribution is 0.0846. The summed E-state index contributed by atoms with van der Waals surface area (Å²) in [6.07, 6.45) is 4.44. The molecule has 0 aliphatic carbocycles. The molecule has 0 unspecified atom stereocenters. The topological polar surface area (TPSA) is 56.1 Å². The third-order valence-electron chi connectivity index (χ3n) is 3.97. The second-order valence-corrected chi connectivity index (χ2v) is 6.03. The van der Waals surface area contributed by atoms with E-state index >= 15 is 0 Å². The Morgan fingerprint density at radius 1 is 1.57 bits per heavy atom. The summed E-state index contributed by atoms with van der Waals surface area (Å²) in [4.78, 5) is 12.2. The molecule has 1 fully saturated rings. The zero-order valence-electron chi connectivity index (χ0n) is 12.6. The molecule has 3 rings (SSSR count). The van der Waals surface area contributed by atoms with E-state index in [1.54, 1.807) is 10.9 Å². The highest BCUT2D eigenvalue weighted by Gasteiger charge is 2.31. The molecule has 122 valence electrons. The maximum Gasteiger partial charge on any atom is 0.252 e. The number of hydrogen-bond donors (Lipinski definition) is 1. The molecule has 1 N–H and O–H groups in total. The highest BCUT2D eigenvalue weighted by Crippen LogP contribution is 2.33. The van der Waals surface area contributed by atoms with Crippen molar-refractivity contribution in [2.24, 2.45) is 13.0 Å². The molecule has 1 amide bonds. The fraction of sp³-hybridized carbons (Fsp3) is 0.375. The fourth-order valence-corrected chi connectivity index (χ4v) is 2.99. The van der Waals surface area contributed by atoms with Gasteiger partial charge in [0.1, 0.15) is 5.82 Å². The number of rotatable bonds is 4. The predicted molar refractivity (Wildman–Crippen MR) is 83.8 cm³/mol. The van der Waals surface area contributed by atoms with Crippen molar-refractivity contribution < 1.29 is 13.9 Å². The zero-order chi connectivity index (χ0) is 16.4. The number of aryl methyl sites for hydroxylation is 1. The first kappa shape index (κ1) is 16.0. The van der Waals surface area contributed by atoms with Gasteiger partial charge in [-0.15, -0.1) is 0 Å². The van der Waals surface area contributed by atoms with Crippen LogP contribution in [0, 0.1) is 11.7 Å². The monoisotopic (exact) mass is 337 g/mol. The van der Waals surface area contributed by atoms with E-state index in [1.165, 1.54) is 12.1 Å². The smallest absolute Gasteiger partial charge is 0.252 e. The van der Waals surface area contributed by atoms with Gasteiger partial charge in [0.25, 0.3) is 5.91 Å². The lowest BCUT2D eigenvalue weighted by atomic mass is 9.97. The highest BCUT2D eigenvalue weighted by molar-refractivity contribution is 6.33. The van der Waals surface area contributed by atoms with Crippen LogP contribution in [-0.2, 0) is 11.8 Å². The van der Waals surface area contributed by atoms with Gasteiger partial charge < -0.3 is 10.1 Å². The summed E-state index contributed by atoms with van der Waals surface area (Å²) < 4.78 is 20.7. The van der Waals surface area contributed by atoms with Gasteiger partial charge in [-0.2, -0.15) is 5.10 Å². The number of hydrogen-bond acceptors (Lipinski definition) is 3. The lowest BCUT2D eigenvalue weighted by Gasteiger charge is -2.18. The maximum absolute atomic E-state index is 13.3. The normalized spacial score (nSPS) is 20.7. The molecule has 1 aliphatic rings. The number of ether oxygens (including phenoxy) is 1. The SMILES string of the molecule is Cn1cc([C@@H]2OCC[C@H]2CNC(=O)c2cc(F)ccc2Cl)cn1. The first-order valence-electron chi connectivity index (χ1n) is 7.38. The first-order valence-corrected chi connectivity index (χ1v) is 7.76. The number of carbonyl (C=O) groups is 1. The molecule has 0 bridgehead atoms. The number of amides is 1. The maximum atomic E-state index is 13.3. The Labute approximate surface area is 138 Å². The number of carbonyl (C=O) groups excluding carboxylic acids is 1. The summed E-state index contributed by atoms with van der Waals surface area (Å²) in [6.45, 7) is 1.08. The van der Waals surface area contributed by atoms with E-state index in [1.807, 2.05) is 13.2 Å². The molecular formula is C16H17ClFN3O2. The van der Waals surface area contributed by atoms with Gasteiger partial charge >= 0.3 is 0 Å². The van der Waals surface area contributed by atoms with Gasteiger partial charge in [-0.1, -0.05) is 11.6 Å². The molecule has 7 heteroatoms.